The SMILES string of the molecule is ClCc1cc(Cl)cnn1. The zero-order chi connectivity index (χ0) is 6.69. The molecule has 0 aliphatic carbocycles. The Balaban J connectivity index is 2.94. The molecule has 0 spiro atoms. The van der Waals surface area contributed by atoms with Crippen LogP contribution < -0.4 is 0 Å². The first-order chi connectivity index (χ1) is 4.33. The Labute approximate surface area is 62.8 Å². The predicted octanol–water partition coefficient (Wildman–Crippen LogP) is 1.87. The van der Waals surface area contributed by atoms with Crippen molar-refractivity contribution in [2.45, 2.75) is 5.88 Å². The van der Waals surface area contributed by atoms with E-state index in [9.17, 15) is 0 Å². The fraction of sp³-hybridized carbons (Fsp3) is 0.200. The Kier molecular flexibility index (Phi) is 2.25. The van der Waals surface area contributed by atoms with Crippen LogP contribution in [0.2, 0.25) is 5.02 Å². The molecule has 9 heavy (non-hydrogen) atoms. The van der Waals surface area contributed by atoms with E-state index in [1.54, 1.807) is 6.07 Å². The van der Waals surface area contributed by atoms with Crippen LogP contribution >= 0.6 is 23.2 Å². The number of aromatic nitrogens is 2. The van der Waals surface area contributed by atoms with Gasteiger partial charge in [0.2, 0.25) is 0 Å². The summed E-state index contributed by atoms with van der Waals surface area (Å²) in [4.78, 5) is 0. The quantitative estimate of drug-likeness (QED) is 0.590. The van der Waals surface area contributed by atoms with Crippen molar-refractivity contribution in [1.82, 2.24) is 10.2 Å². The molecule has 0 fully saturated rings. The van der Waals surface area contributed by atoms with Crippen molar-refractivity contribution in [3.05, 3.63) is 23.0 Å². The highest BCUT2D eigenvalue weighted by Gasteiger charge is 1.91. The van der Waals surface area contributed by atoms with E-state index in [0.29, 0.717) is 16.6 Å². The van der Waals surface area contributed by atoms with Crippen LogP contribution in [0.5, 0.6) is 0 Å². The zero-order valence-corrected chi connectivity index (χ0v) is 6.02. The lowest BCUT2D eigenvalue weighted by Gasteiger charge is -1.90. The highest BCUT2D eigenvalue weighted by atomic mass is 35.5. The first-order valence-corrected chi connectivity index (χ1v) is 3.27. The summed E-state index contributed by atoms with van der Waals surface area (Å²) in [5.41, 5.74) is 0.698. The molecule has 48 valence electrons. The van der Waals surface area contributed by atoms with Gasteiger partial charge in [0.15, 0.2) is 0 Å². The minimum atomic E-state index is 0.355. The van der Waals surface area contributed by atoms with Gasteiger partial charge in [-0.25, -0.2) is 0 Å². The molecule has 1 rings (SSSR count). The van der Waals surface area contributed by atoms with Crippen LogP contribution in [0.3, 0.4) is 0 Å². The molecule has 0 aromatic carbocycles. The van der Waals surface area contributed by atoms with Gasteiger partial charge in [-0.05, 0) is 6.07 Å². The van der Waals surface area contributed by atoms with Gasteiger partial charge in [-0.2, -0.15) is 10.2 Å². The van der Waals surface area contributed by atoms with Crippen LogP contribution in [0, 0.1) is 0 Å². The third-order valence-corrected chi connectivity index (χ3v) is 1.29. The number of nitrogens with zero attached hydrogens (tertiary/aromatic N) is 2. The smallest absolute Gasteiger partial charge is 0.0793 e. The van der Waals surface area contributed by atoms with Crippen molar-refractivity contribution in [2.75, 3.05) is 0 Å². The van der Waals surface area contributed by atoms with Crippen molar-refractivity contribution >= 4 is 23.2 Å². The molecule has 0 aliphatic rings. The summed E-state index contributed by atoms with van der Waals surface area (Å²) in [5, 5.41) is 7.85. The van der Waals surface area contributed by atoms with Crippen molar-refractivity contribution in [1.29, 1.82) is 0 Å². The van der Waals surface area contributed by atoms with Gasteiger partial charge in [-0.15, -0.1) is 11.6 Å². The maximum atomic E-state index is 5.56. The maximum Gasteiger partial charge on any atom is 0.0793 e. The van der Waals surface area contributed by atoms with E-state index in [-0.39, 0.29) is 0 Å². The second-order valence-corrected chi connectivity index (χ2v) is 2.20. The first-order valence-electron chi connectivity index (χ1n) is 2.36. The second kappa shape index (κ2) is 2.99. The molecule has 0 atom stereocenters. The van der Waals surface area contributed by atoms with Crippen molar-refractivity contribution in [3.63, 3.8) is 0 Å². The molecule has 0 radical (unpaired) electrons. The molecule has 0 bridgehead atoms. The van der Waals surface area contributed by atoms with Gasteiger partial charge < -0.3 is 0 Å². The van der Waals surface area contributed by atoms with Crippen LogP contribution in [-0.4, -0.2) is 10.2 Å². The lowest BCUT2D eigenvalue weighted by Crippen LogP contribution is -1.86. The summed E-state index contributed by atoms with van der Waals surface area (Å²) in [7, 11) is 0. The molecule has 1 heterocycles. The monoisotopic (exact) mass is 162 g/mol. The molecule has 0 saturated heterocycles. The highest BCUT2D eigenvalue weighted by molar-refractivity contribution is 6.30. The summed E-state index contributed by atoms with van der Waals surface area (Å²) in [6.07, 6.45) is 1.47. The molecule has 4 heteroatoms. The third kappa shape index (κ3) is 1.80. The topological polar surface area (TPSA) is 25.8 Å². The Morgan fingerprint density at radius 3 is 2.78 bits per heavy atom. The van der Waals surface area contributed by atoms with Gasteiger partial charge >= 0.3 is 0 Å². The van der Waals surface area contributed by atoms with E-state index >= 15 is 0 Å². The molecular weight excluding hydrogens is 159 g/mol. The maximum absolute atomic E-state index is 5.56. The number of hydrogen-bond donors (Lipinski definition) is 0. The molecule has 0 amide bonds. The largest absolute Gasteiger partial charge is 0.157 e. The normalized spacial score (nSPS) is 9.56. The summed E-state index contributed by atoms with van der Waals surface area (Å²) in [5.74, 6) is 0.355. The predicted molar refractivity (Wildman–Crippen MR) is 36.6 cm³/mol. The highest BCUT2D eigenvalue weighted by Crippen LogP contribution is 2.06. The van der Waals surface area contributed by atoms with Crippen LogP contribution in [0.4, 0.5) is 0 Å². The van der Waals surface area contributed by atoms with E-state index < -0.39 is 0 Å². The van der Waals surface area contributed by atoms with E-state index in [0.717, 1.165) is 0 Å². The van der Waals surface area contributed by atoms with Crippen LogP contribution in [0.1, 0.15) is 5.69 Å². The summed E-state index contributed by atoms with van der Waals surface area (Å²) >= 11 is 11.0. The third-order valence-electron chi connectivity index (χ3n) is 0.809. The second-order valence-electron chi connectivity index (χ2n) is 1.50. The van der Waals surface area contributed by atoms with Gasteiger partial charge in [0.05, 0.1) is 22.8 Å². The molecule has 0 unspecified atom stereocenters. The van der Waals surface area contributed by atoms with E-state index in [1.807, 2.05) is 0 Å². The van der Waals surface area contributed by atoms with Crippen molar-refractivity contribution in [2.24, 2.45) is 0 Å². The molecular formula is C5H4Cl2N2. The van der Waals surface area contributed by atoms with Gasteiger partial charge in [0.25, 0.3) is 0 Å². The number of rotatable bonds is 1. The molecule has 2 nitrogen and oxygen atoms in total. The minimum Gasteiger partial charge on any atom is -0.157 e. The number of halogens is 2. The van der Waals surface area contributed by atoms with Gasteiger partial charge in [-0.1, -0.05) is 11.6 Å². The fourth-order valence-electron chi connectivity index (χ4n) is 0.449. The van der Waals surface area contributed by atoms with E-state index in [1.165, 1.54) is 6.20 Å². The summed E-state index contributed by atoms with van der Waals surface area (Å²) in [6.45, 7) is 0. The first kappa shape index (κ1) is 6.78. The molecule has 0 N–H and O–H groups in total. The van der Waals surface area contributed by atoms with Crippen molar-refractivity contribution in [3.8, 4) is 0 Å². The van der Waals surface area contributed by atoms with Crippen LogP contribution in [-0.2, 0) is 5.88 Å². The van der Waals surface area contributed by atoms with E-state index in [2.05, 4.69) is 10.2 Å². The number of alkyl halides is 1. The summed E-state index contributed by atoms with van der Waals surface area (Å²) < 4.78 is 0. The minimum absolute atomic E-state index is 0.355. The lowest BCUT2D eigenvalue weighted by molar-refractivity contribution is 0.969. The Morgan fingerprint density at radius 1 is 1.56 bits per heavy atom. The molecule has 0 aliphatic heterocycles. The van der Waals surface area contributed by atoms with Gasteiger partial charge in [-0.3, -0.25) is 0 Å². The Morgan fingerprint density at radius 2 is 2.33 bits per heavy atom. The van der Waals surface area contributed by atoms with Crippen LogP contribution in [0.25, 0.3) is 0 Å². The van der Waals surface area contributed by atoms with E-state index in [4.69, 9.17) is 23.2 Å². The standard InChI is InChI=1S/C5H4Cl2N2/c6-2-5-1-4(7)3-8-9-5/h1,3H,2H2. The molecule has 1 aromatic heterocycles. The molecule has 0 saturated carbocycles. The Hall–Kier alpha value is -0.340. The number of hydrogen-bond acceptors (Lipinski definition) is 2. The average molecular weight is 163 g/mol. The lowest BCUT2D eigenvalue weighted by atomic mass is 10.4. The van der Waals surface area contributed by atoms with Gasteiger partial charge in [0.1, 0.15) is 0 Å². The fourth-order valence-corrected chi connectivity index (χ4v) is 0.749. The van der Waals surface area contributed by atoms with Crippen LogP contribution in [0.15, 0.2) is 12.3 Å². The molecule has 1 aromatic rings. The zero-order valence-electron chi connectivity index (χ0n) is 4.51. The van der Waals surface area contributed by atoms with Gasteiger partial charge in [0, 0.05) is 0 Å². The van der Waals surface area contributed by atoms with Crippen molar-refractivity contribution < 1.29 is 0 Å². The average Bonchev–Trinajstić information content (AvgIpc) is 1.88. The Bertz CT molecular complexity index is 202. The summed E-state index contributed by atoms with van der Waals surface area (Å²) in [6, 6.07) is 1.68.